The molecule has 0 saturated heterocycles. The third-order valence-corrected chi connectivity index (χ3v) is 4.02. The van der Waals surface area contributed by atoms with Gasteiger partial charge in [0.25, 0.3) is 0 Å². The van der Waals surface area contributed by atoms with Crippen LogP contribution in [-0.2, 0) is 0 Å². The molecule has 0 fully saturated rings. The van der Waals surface area contributed by atoms with Gasteiger partial charge in [-0.3, -0.25) is 9.59 Å². The second kappa shape index (κ2) is 7.18. The van der Waals surface area contributed by atoms with Crippen molar-refractivity contribution in [1.82, 2.24) is 0 Å². The Morgan fingerprint density at radius 2 is 1.88 bits per heavy atom. The molecule has 3 rings (SSSR count). The van der Waals surface area contributed by atoms with E-state index in [2.05, 4.69) is 0 Å². The van der Waals surface area contributed by atoms with Crippen molar-refractivity contribution in [2.75, 3.05) is 11.4 Å². The van der Waals surface area contributed by atoms with E-state index < -0.39 is 0 Å². The van der Waals surface area contributed by atoms with Crippen LogP contribution in [0.2, 0.25) is 0 Å². The van der Waals surface area contributed by atoms with Gasteiger partial charge in [-0.2, -0.15) is 0 Å². The van der Waals surface area contributed by atoms with Gasteiger partial charge in [-0.15, -0.1) is 0 Å². The van der Waals surface area contributed by atoms with Crippen LogP contribution < -0.4 is 10.3 Å². The Morgan fingerprint density at radius 1 is 1.12 bits per heavy atom. The highest BCUT2D eigenvalue weighted by atomic mass is 16.4. The minimum Gasteiger partial charge on any atom is -0.439 e. The third kappa shape index (κ3) is 3.24. The summed E-state index contributed by atoms with van der Waals surface area (Å²) in [4.78, 5) is 26.3. The summed E-state index contributed by atoms with van der Waals surface area (Å²) < 4.78 is 5.99. The molecule has 0 saturated carbocycles. The van der Waals surface area contributed by atoms with Crippen LogP contribution in [-0.4, -0.2) is 12.8 Å². The van der Waals surface area contributed by atoms with Gasteiger partial charge in [-0.1, -0.05) is 42.0 Å². The Kier molecular flexibility index (Phi) is 4.80. The zero-order valence-electron chi connectivity index (χ0n) is 14.2. The summed E-state index contributed by atoms with van der Waals surface area (Å²) in [6.07, 6.45) is 4.44. The number of benzene rings is 2. The number of allylic oxidation sites excluding steroid dienone is 1. The summed E-state index contributed by atoms with van der Waals surface area (Å²) in [5.41, 5.74) is 1.98. The number of carbonyl (C=O) groups is 1. The van der Waals surface area contributed by atoms with Gasteiger partial charge in [0, 0.05) is 12.2 Å². The average Bonchev–Trinajstić information content (AvgIpc) is 2.64. The Labute approximate surface area is 146 Å². The van der Waals surface area contributed by atoms with Gasteiger partial charge < -0.3 is 9.32 Å². The van der Waals surface area contributed by atoms with Crippen LogP contribution in [0, 0.1) is 6.92 Å². The second-order valence-electron chi connectivity index (χ2n) is 5.78. The summed E-state index contributed by atoms with van der Waals surface area (Å²) in [5, 5.41) is 0.421. The van der Waals surface area contributed by atoms with E-state index in [0.29, 0.717) is 23.8 Å². The predicted octanol–water partition coefficient (Wildman–Crippen LogP) is 4.63. The number of para-hydroxylation sites is 1. The van der Waals surface area contributed by atoms with E-state index >= 15 is 0 Å². The fourth-order valence-corrected chi connectivity index (χ4v) is 2.74. The molecular weight excluding hydrogens is 314 g/mol. The number of anilines is 2. The van der Waals surface area contributed by atoms with E-state index in [1.54, 1.807) is 12.1 Å². The van der Waals surface area contributed by atoms with Crippen molar-refractivity contribution < 1.29 is 9.21 Å². The molecule has 0 aliphatic carbocycles. The van der Waals surface area contributed by atoms with E-state index in [4.69, 9.17) is 4.42 Å². The van der Waals surface area contributed by atoms with E-state index in [-0.39, 0.29) is 16.9 Å². The molecule has 126 valence electrons. The summed E-state index contributed by atoms with van der Waals surface area (Å²) >= 11 is 0. The first kappa shape index (κ1) is 16.7. The molecule has 0 bridgehead atoms. The van der Waals surface area contributed by atoms with E-state index in [0.717, 1.165) is 11.3 Å². The van der Waals surface area contributed by atoms with Gasteiger partial charge in [-0.25, -0.2) is 0 Å². The average molecular weight is 333 g/mol. The molecule has 3 aromatic rings. The highest BCUT2D eigenvalue weighted by Crippen LogP contribution is 2.29. The van der Waals surface area contributed by atoms with Crippen molar-refractivity contribution in [3.8, 4) is 0 Å². The lowest BCUT2D eigenvalue weighted by Crippen LogP contribution is -2.22. The van der Waals surface area contributed by atoms with Gasteiger partial charge in [-0.05, 0) is 38.1 Å². The van der Waals surface area contributed by atoms with Gasteiger partial charge in [0.1, 0.15) is 11.1 Å². The Morgan fingerprint density at radius 3 is 2.56 bits per heavy atom. The SMILES string of the molecule is C/C=C/CN(c1ccccc1)c1oc2ccc(C)cc2c(=O)c1C=O. The standard InChI is InChI=1S/C21H19NO3/c1-3-4-12-22(16-8-6-5-7-9-16)21-18(14-23)20(24)17-13-15(2)10-11-19(17)25-21/h3-11,13-14H,12H2,1-2H3/b4-3+. The lowest BCUT2D eigenvalue weighted by molar-refractivity contribution is 0.112. The fraction of sp³-hybridized carbons (Fsp3) is 0.143. The topological polar surface area (TPSA) is 50.5 Å². The largest absolute Gasteiger partial charge is 0.439 e. The van der Waals surface area contributed by atoms with Gasteiger partial charge in [0.05, 0.1) is 5.39 Å². The van der Waals surface area contributed by atoms with Crippen molar-refractivity contribution in [2.24, 2.45) is 0 Å². The maximum absolute atomic E-state index is 12.8. The molecule has 1 aromatic heterocycles. The number of carbonyl (C=O) groups excluding carboxylic acids is 1. The first-order chi connectivity index (χ1) is 12.2. The number of aryl methyl sites for hydroxylation is 1. The molecule has 0 spiro atoms. The Balaban J connectivity index is 2.28. The highest BCUT2D eigenvalue weighted by Gasteiger charge is 2.20. The van der Waals surface area contributed by atoms with Crippen molar-refractivity contribution >= 4 is 28.8 Å². The Bertz CT molecular complexity index is 987. The number of fused-ring (bicyclic) bond motifs is 1. The van der Waals surface area contributed by atoms with Crippen LogP contribution in [0.25, 0.3) is 11.0 Å². The minimum absolute atomic E-state index is 0.0338. The maximum atomic E-state index is 12.8. The molecule has 0 amide bonds. The molecule has 0 radical (unpaired) electrons. The van der Waals surface area contributed by atoms with Gasteiger partial charge in [0.2, 0.25) is 11.3 Å². The first-order valence-electron chi connectivity index (χ1n) is 8.12. The van der Waals surface area contributed by atoms with Crippen LogP contribution in [0.15, 0.2) is 69.9 Å². The van der Waals surface area contributed by atoms with Crippen molar-refractivity contribution in [3.63, 3.8) is 0 Å². The predicted molar refractivity (Wildman–Crippen MR) is 101 cm³/mol. The maximum Gasteiger partial charge on any atom is 0.215 e. The molecular formula is C21H19NO3. The van der Waals surface area contributed by atoms with Gasteiger partial charge >= 0.3 is 0 Å². The molecule has 4 heteroatoms. The third-order valence-electron chi connectivity index (χ3n) is 4.02. The van der Waals surface area contributed by atoms with Crippen molar-refractivity contribution in [3.05, 3.63) is 82.0 Å². The normalized spacial score (nSPS) is 11.1. The molecule has 25 heavy (non-hydrogen) atoms. The minimum atomic E-state index is -0.309. The summed E-state index contributed by atoms with van der Waals surface area (Å²) in [7, 11) is 0. The fourth-order valence-electron chi connectivity index (χ4n) is 2.74. The van der Waals surface area contributed by atoms with Crippen LogP contribution >= 0.6 is 0 Å². The number of hydrogen-bond acceptors (Lipinski definition) is 4. The Hall–Kier alpha value is -3.14. The molecule has 0 unspecified atom stereocenters. The molecule has 1 heterocycles. The number of nitrogens with zero attached hydrogens (tertiary/aromatic N) is 1. The van der Waals surface area contributed by atoms with E-state index in [9.17, 15) is 9.59 Å². The summed E-state index contributed by atoms with van der Waals surface area (Å²) in [6, 6.07) is 14.9. The summed E-state index contributed by atoms with van der Waals surface area (Å²) in [6.45, 7) is 4.31. The van der Waals surface area contributed by atoms with Crippen LogP contribution in [0.4, 0.5) is 11.6 Å². The molecule has 0 aliphatic heterocycles. The number of hydrogen-bond donors (Lipinski definition) is 0. The molecule has 0 N–H and O–H groups in total. The van der Waals surface area contributed by atoms with Crippen molar-refractivity contribution in [2.45, 2.75) is 13.8 Å². The lowest BCUT2D eigenvalue weighted by atomic mass is 10.1. The van der Waals surface area contributed by atoms with Crippen LogP contribution in [0.1, 0.15) is 22.8 Å². The monoisotopic (exact) mass is 333 g/mol. The summed E-state index contributed by atoms with van der Waals surface area (Å²) in [5.74, 6) is 0.264. The zero-order chi connectivity index (χ0) is 17.8. The van der Waals surface area contributed by atoms with Gasteiger partial charge in [0.15, 0.2) is 6.29 Å². The molecule has 0 aliphatic rings. The number of aldehydes is 1. The lowest BCUT2D eigenvalue weighted by Gasteiger charge is -2.23. The van der Waals surface area contributed by atoms with E-state index in [1.165, 1.54) is 0 Å². The molecule has 2 aromatic carbocycles. The molecule has 0 atom stereocenters. The molecule has 4 nitrogen and oxygen atoms in total. The van der Waals surface area contributed by atoms with Crippen LogP contribution in [0.5, 0.6) is 0 Å². The van der Waals surface area contributed by atoms with Crippen LogP contribution in [0.3, 0.4) is 0 Å². The van der Waals surface area contributed by atoms with E-state index in [1.807, 2.05) is 67.3 Å². The smallest absolute Gasteiger partial charge is 0.215 e. The van der Waals surface area contributed by atoms with Crippen molar-refractivity contribution in [1.29, 1.82) is 0 Å². The number of rotatable bonds is 5. The highest BCUT2D eigenvalue weighted by molar-refractivity contribution is 5.91. The zero-order valence-corrected chi connectivity index (χ0v) is 14.2. The second-order valence-corrected chi connectivity index (χ2v) is 5.78. The quantitative estimate of drug-likeness (QED) is 0.505. The first-order valence-corrected chi connectivity index (χ1v) is 8.12.